The van der Waals surface area contributed by atoms with E-state index in [0.29, 0.717) is 5.92 Å². The first kappa shape index (κ1) is 18.1. The number of hydrogen-bond donors (Lipinski definition) is 1. The van der Waals surface area contributed by atoms with Crippen molar-refractivity contribution in [1.82, 2.24) is 25.0 Å². The first-order valence-electron chi connectivity index (χ1n) is 10.4. The van der Waals surface area contributed by atoms with Crippen LogP contribution in [0.3, 0.4) is 0 Å². The van der Waals surface area contributed by atoms with E-state index in [-0.39, 0.29) is 0 Å². The Morgan fingerprint density at radius 1 is 0.931 bits per heavy atom. The van der Waals surface area contributed by atoms with Crippen LogP contribution in [0.1, 0.15) is 41.9 Å². The molecule has 6 nitrogen and oxygen atoms in total. The van der Waals surface area contributed by atoms with Gasteiger partial charge in [-0.2, -0.15) is 4.98 Å². The zero-order valence-corrected chi connectivity index (χ0v) is 16.4. The molecular formula is C23H25N5O. The number of aromatic nitrogens is 4. The number of fused-ring (bicyclic) bond motifs is 1. The highest BCUT2D eigenvalue weighted by Crippen LogP contribution is 2.28. The Labute approximate surface area is 170 Å². The van der Waals surface area contributed by atoms with Gasteiger partial charge in [0.25, 0.3) is 0 Å². The number of H-pyrrole nitrogens is 1. The van der Waals surface area contributed by atoms with Crippen LogP contribution in [0.5, 0.6) is 0 Å². The summed E-state index contributed by atoms with van der Waals surface area (Å²) in [6.07, 6.45) is 3.92. The minimum absolute atomic E-state index is 0.489. The summed E-state index contributed by atoms with van der Waals surface area (Å²) in [7, 11) is 0. The first-order chi connectivity index (χ1) is 14.3. The summed E-state index contributed by atoms with van der Waals surface area (Å²) in [6, 6.07) is 18.7. The Balaban J connectivity index is 1.13. The first-order valence-corrected chi connectivity index (χ1v) is 10.4. The zero-order valence-electron chi connectivity index (χ0n) is 16.4. The summed E-state index contributed by atoms with van der Waals surface area (Å²) >= 11 is 0. The van der Waals surface area contributed by atoms with Crippen molar-refractivity contribution in [3.8, 4) is 0 Å². The number of piperidine rings is 1. The SMILES string of the molecule is c1ccc(CCc2noc(CN3CCC(c4nc5ccccc5[nH]4)CC3)n2)cc1. The van der Waals surface area contributed by atoms with Crippen LogP contribution in [0.4, 0.5) is 0 Å². The van der Waals surface area contributed by atoms with Gasteiger partial charge in [0, 0.05) is 12.3 Å². The van der Waals surface area contributed by atoms with Gasteiger partial charge in [0.2, 0.25) is 5.89 Å². The molecular weight excluding hydrogens is 362 g/mol. The van der Waals surface area contributed by atoms with Gasteiger partial charge in [0.05, 0.1) is 17.6 Å². The number of aryl methyl sites for hydroxylation is 2. The highest BCUT2D eigenvalue weighted by Gasteiger charge is 2.24. The third kappa shape index (κ3) is 4.22. The molecule has 0 saturated carbocycles. The summed E-state index contributed by atoms with van der Waals surface area (Å²) < 4.78 is 5.49. The van der Waals surface area contributed by atoms with Gasteiger partial charge in [-0.1, -0.05) is 47.6 Å². The zero-order chi connectivity index (χ0) is 19.5. The molecule has 0 bridgehead atoms. The monoisotopic (exact) mass is 387 g/mol. The topological polar surface area (TPSA) is 70.8 Å². The summed E-state index contributed by atoms with van der Waals surface area (Å²) in [6.45, 7) is 2.76. The molecule has 0 spiro atoms. The van der Waals surface area contributed by atoms with E-state index in [9.17, 15) is 0 Å². The Bertz CT molecular complexity index is 1030. The van der Waals surface area contributed by atoms with Gasteiger partial charge >= 0.3 is 0 Å². The molecule has 5 rings (SSSR count). The van der Waals surface area contributed by atoms with E-state index in [2.05, 4.69) is 56.4 Å². The second-order valence-corrected chi connectivity index (χ2v) is 7.78. The number of hydrogen-bond acceptors (Lipinski definition) is 5. The fourth-order valence-corrected chi connectivity index (χ4v) is 4.08. The molecule has 148 valence electrons. The van der Waals surface area contributed by atoms with E-state index in [4.69, 9.17) is 9.51 Å². The molecule has 0 amide bonds. The van der Waals surface area contributed by atoms with E-state index in [1.807, 2.05) is 18.2 Å². The van der Waals surface area contributed by atoms with Crippen LogP contribution in [0.15, 0.2) is 59.1 Å². The minimum Gasteiger partial charge on any atom is -0.342 e. The lowest BCUT2D eigenvalue weighted by Gasteiger charge is -2.29. The quantitative estimate of drug-likeness (QED) is 0.539. The van der Waals surface area contributed by atoms with E-state index in [0.717, 1.165) is 73.9 Å². The molecule has 4 aromatic rings. The van der Waals surface area contributed by atoms with E-state index >= 15 is 0 Å². The Hall–Kier alpha value is -2.99. The molecule has 0 aliphatic carbocycles. The predicted octanol–water partition coefficient (Wildman–Crippen LogP) is 4.11. The summed E-state index contributed by atoms with van der Waals surface area (Å²) in [4.78, 5) is 15.3. The number of para-hydroxylation sites is 2. The molecule has 2 aromatic heterocycles. The average Bonchev–Trinajstić information content (AvgIpc) is 3.40. The molecule has 1 N–H and O–H groups in total. The molecule has 0 unspecified atom stereocenters. The van der Waals surface area contributed by atoms with Gasteiger partial charge in [-0.25, -0.2) is 4.98 Å². The Kier molecular flexibility index (Phi) is 5.09. The molecule has 1 aliphatic rings. The second-order valence-electron chi connectivity index (χ2n) is 7.78. The Morgan fingerprint density at radius 3 is 2.55 bits per heavy atom. The molecule has 3 heterocycles. The third-order valence-electron chi connectivity index (χ3n) is 5.73. The van der Waals surface area contributed by atoms with Crippen LogP contribution in [0.2, 0.25) is 0 Å². The van der Waals surface area contributed by atoms with Crippen LogP contribution in [-0.2, 0) is 19.4 Å². The fourth-order valence-electron chi connectivity index (χ4n) is 4.08. The Morgan fingerprint density at radius 2 is 1.72 bits per heavy atom. The largest absolute Gasteiger partial charge is 0.342 e. The predicted molar refractivity (Wildman–Crippen MR) is 111 cm³/mol. The van der Waals surface area contributed by atoms with Crippen molar-refractivity contribution < 1.29 is 4.52 Å². The molecule has 2 aromatic carbocycles. The molecule has 1 fully saturated rings. The highest BCUT2D eigenvalue weighted by molar-refractivity contribution is 5.74. The average molecular weight is 387 g/mol. The van der Waals surface area contributed by atoms with E-state index in [1.54, 1.807) is 0 Å². The fraction of sp³-hybridized carbons (Fsp3) is 0.348. The van der Waals surface area contributed by atoms with Gasteiger partial charge in [-0.15, -0.1) is 0 Å². The number of benzene rings is 2. The van der Waals surface area contributed by atoms with E-state index < -0.39 is 0 Å². The van der Waals surface area contributed by atoms with Crippen LogP contribution < -0.4 is 0 Å². The number of aromatic amines is 1. The molecule has 6 heteroatoms. The molecule has 0 radical (unpaired) electrons. The molecule has 0 atom stereocenters. The van der Waals surface area contributed by atoms with Gasteiger partial charge in [-0.3, -0.25) is 4.90 Å². The maximum atomic E-state index is 5.49. The van der Waals surface area contributed by atoms with Crippen molar-refractivity contribution in [2.24, 2.45) is 0 Å². The number of rotatable bonds is 6. The maximum absolute atomic E-state index is 5.49. The number of nitrogens with zero attached hydrogens (tertiary/aromatic N) is 4. The van der Waals surface area contributed by atoms with Gasteiger partial charge in [0.1, 0.15) is 5.82 Å². The van der Waals surface area contributed by atoms with Gasteiger partial charge in [-0.05, 0) is 50.0 Å². The normalized spacial score (nSPS) is 15.9. The third-order valence-corrected chi connectivity index (χ3v) is 5.73. The highest BCUT2D eigenvalue weighted by atomic mass is 16.5. The minimum atomic E-state index is 0.489. The van der Waals surface area contributed by atoms with Crippen molar-refractivity contribution in [2.75, 3.05) is 13.1 Å². The maximum Gasteiger partial charge on any atom is 0.240 e. The smallest absolute Gasteiger partial charge is 0.240 e. The lowest BCUT2D eigenvalue weighted by atomic mass is 9.96. The molecule has 29 heavy (non-hydrogen) atoms. The number of imidazole rings is 1. The van der Waals surface area contributed by atoms with Crippen molar-refractivity contribution in [3.63, 3.8) is 0 Å². The van der Waals surface area contributed by atoms with Crippen LogP contribution >= 0.6 is 0 Å². The lowest BCUT2D eigenvalue weighted by Crippen LogP contribution is -2.32. The lowest BCUT2D eigenvalue weighted by molar-refractivity contribution is 0.179. The van der Waals surface area contributed by atoms with Crippen molar-refractivity contribution in [2.45, 2.75) is 38.1 Å². The van der Waals surface area contributed by atoms with Gasteiger partial charge in [0.15, 0.2) is 5.82 Å². The van der Waals surface area contributed by atoms with E-state index in [1.165, 1.54) is 5.56 Å². The van der Waals surface area contributed by atoms with Crippen molar-refractivity contribution in [1.29, 1.82) is 0 Å². The van der Waals surface area contributed by atoms with Crippen molar-refractivity contribution >= 4 is 11.0 Å². The van der Waals surface area contributed by atoms with Crippen LogP contribution in [0, 0.1) is 0 Å². The molecule has 1 aliphatic heterocycles. The molecule has 1 saturated heterocycles. The van der Waals surface area contributed by atoms with Crippen LogP contribution in [0.25, 0.3) is 11.0 Å². The number of nitrogens with one attached hydrogen (secondary N) is 1. The second kappa shape index (κ2) is 8.17. The van der Waals surface area contributed by atoms with Crippen LogP contribution in [-0.4, -0.2) is 38.1 Å². The van der Waals surface area contributed by atoms with Gasteiger partial charge < -0.3 is 9.51 Å². The van der Waals surface area contributed by atoms with Crippen molar-refractivity contribution in [3.05, 3.63) is 77.7 Å². The number of likely N-dealkylation sites (tertiary alicyclic amines) is 1. The standard InChI is InChI=1S/C23H25N5O/c1-2-6-17(7-3-1)10-11-21-26-22(29-27-21)16-28-14-12-18(13-15-28)23-24-19-8-4-5-9-20(19)25-23/h1-9,18H,10-16H2,(H,24,25). The summed E-state index contributed by atoms with van der Waals surface area (Å²) in [5.74, 6) is 3.12. The summed E-state index contributed by atoms with van der Waals surface area (Å²) in [5, 5.41) is 4.16. The summed E-state index contributed by atoms with van der Waals surface area (Å²) in [5.41, 5.74) is 3.48.